The number of para-hydroxylation sites is 1. The van der Waals surface area contributed by atoms with Crippen molar-refractivity contribution in [1.29, 1.82) is 0 Å². The monoisotopic (exact) mass is 353 g/mol. The molecule has 1 N–H and O–H groups in total. The summed E-state index contributed by atoms with van der Waals surface area (Å²) in [6.45, 7) is 2.75. The standard InChI is InChI=1S/C21H23NO4/c1-3-4-14-26-19-11-6-5-8-16(19)12-13-20(23)22-18-10-7-9-17(15-18)21(24)25-2/h5-13,15H,3-4,14H2,1-2H3,(H,22,23)/b13-12+. The summed E-state index contributed by atoms with van der Waals surface area (Å²) in [6.07, 6.45) is 5.19. The molecule has 0 saturated heterocycles. The zero-order chi connectivity index (χ0) is 18.8. The maximum Gasteiger partial charge on any atom is 0.337 e. The molecule has 0 spiro atoms. The SMILES string of the molecule is CCCCOc1ccccc1/C=C/C(=O)Nc1cccc(C(=O)OC)c1. The average Bonchev–Trinajstić information content (AvgIpc) is 2.67. The molecule has 0 fully saturated rings. The number of methoxy groups -OCH3 is 1. The molecule has 5 heteroatoms. The van der Waals surface area contributed by atoms with Gasteiger partial charge < -0.3 is 14.8 Å². The van der Waals surface area contributed by atoms with Gasteiger partial charge in [0.15, 0.2) is 0 Å². The van der Waals surface area contributed by atoms with E-state index in [0.29, 0.717) is 17.9 Å². The van der Waals surface area contributed by atoms with E-state index < -0.39 is 5.97 Å². The molecule has 2 aromatic rings. The van der Waals surface area contributed by atoms with Crippen LogP contribution < -0.4 is 10.1 Å². The highest BCUT2D eigenvalue weighted by atomic mass is 16.5. The molecule has 0 unspecified atom stereocenters. The van der Waals surface area contributed by atoms with Gasteiger partial charge in [0.05, 0.1) is 19.3 Å². The molecular formula is C21H23NO4. The van der Waals surface area contributed by atoms with Gasteiger partial charge in [-0.15, -0.1) is 0 Å². The topological polar surface area (TPSA) is 64.6 Å². The van der Waals surface area contributed by atoms with Crippen LogP contribution in [-0.2, 0) is 9.53 Å². The number of ether oxygens (including phenoxy) is 2. The Morgan fingerprint density at radius 1 is 1.12 bits per heavy atom. The molecule has 0 atom stereocenters. The number of amides is 1. The molecule has 2 aromatic carbocycles. The summed E-state index contributed by atoms with van der Waals surface area (Å²) in [6, 6.07) is 14.2. The fourth-order valence-electron chi connectivity index (χ4n) is 2.27. The van der Waals surface area contributed by atoms with Crippen molar-refractivity contribution in [2.75, 3.05) is 19.0 Å². The third kappa shape index (κ3) is 5.77. The number of benzene rings is 2. The van der Waals surface area contributed by atoms with Gasteiger partial charge in [-0.1, -0.05) is 37.6 Å². The average molecular weight is 353 g/mol. The zero-order valence-electron chi connectivity index (χ0n) is 15.0. The fraction of sp³-hybridized carbons (Fsp3) is 0.238. The second kappa shape index (κ2) is 10.0. The van der Waals surface area contributed by atoms with Crippen LogP contribution in [0.4, 0.5) is 5.69 Å². The van der Waals surface area contributed by atoms with E-state index in [-0.39, 0.29) is 5.91 Å². The molecular weight excluding hydrogens is 330 g/mol. The highest BCUT2D eigenvalue weighted by Gasteiger charge is 2.07. The van der Waals surface area contributed by atoms with E-state index in [1.165, 1.54) is 13.2 Å². The van der Waals surface area contributed by atoms with Crippen molar-refractivity contribution in [3.63, 3.8) is 0 Å². The van der Waals surface area contributed by atoms with Crippen LogP contribution in [0, 0.1) is 0 Å². The third-order valence-electron chi connectivity index (χ3n) is 3.64. The number of carbonyl (C=O) groups is 2. The van der Waals surface area contributed by atoms with Gasteiger partial charge in [-0.3, -0.25) is 4.79 Å². The Kier molecular flexibility index (Phi) is 7.43. The van der Waals surface area contributed by atoms with Crippen molar-refractivity contribution < 1.29 is 19.1 Å². The van der Waals surface area contributed by atoms with E-state index in [0.717, 1.165) is 24.2 Å². The van der Waals surface area contributed by atoms with Gasteiger partial charge in [0.2, 0.25) is 5.91 Å². The normalized spacial score (nSPS) is 10.5. The maximum absolute atomic E-state index is 12.2. The molecule has 0 heterocycles. The molecule has 0 aliphatic rings. The van der Waals surface area contributed by atoms with Crippen molar-refractivity contribution in [2.45, 2.75) is 19.8 Å². The van der Waals surface area contributed by atoms with Crippen LogP contribution in [0.2, 0.25) is 0 Å². The molecule has 136 valence electrons. The van der Waals surface area contributed by atoms with Crippen molar-refractivity contribution in [1.82, 2.24) is 0 Å². The van der Waals surface area contributed by atoms with Gasteiger partial charge in [-0.25, -0.2) is 4.79 Å². The molecule has 0 saturated carbocycles. The van der Waals surface area contributed by atoms with Gasteiger partial charge in [-0.2, -0.15) is 0 Å². The molecule has 0 aliphatic heterocycles. The zero-order valence-corrected chi connectivity index (χ0v) is 15.0. The fourth-order valence-corrected chi connectivity index (χ4v) is 2.27. The summed E-state index contributed by atoms with van der Waals surface area (Å²) >= 11 is 0. The van der Waals surface area contributed by atoms with Gasteiger partial charge in [-0.05, 0) is 36.8 Å². The number of rotatable bonds is 8. The van der Waals surface area contributed by atoms with E-state index in [2.05, 4.69) is 17.0 Å². The summed E-state index contributed by atoms with van der Waals surface area (Å²) < 4.78 is 10.4. The smallest absolute Gasteiger partial charge is 0.337 e. The largest absolute Gasteiger partial charge is 0.493 e. The van der Waals surface area contributed by atoms with E-state index >= 15 is 0 Å². The van der Waals surface area contributed by atoms with Crippen LogP contribution in [0.25, 0.3) is 6.08 Å². The molecule has 2 rings (SSSR count). The highest BCUT2D eigenvalue weighted by Crippen LogP contribution is 2.20. The third-order valence-corrected chi connectivity index (χ3v) is 3.64. The summed E-state index contributed by atoms with van der Waals surface area (Å²) in [5.41, 5.74) is 1.74. The first-order valence-corrected chi connectivity index (χ1v) is 8.53. The van der Waals surface area contributed by atoms with Crippen molar-refractivity contribution in [3.8, 4) is 5.75 Å². The van der Waals surface area contributed by atoms with Gasteiger partial charge in [0.25, 0.3) is 0 Å². The number of hydrogen-bond acceptors (Lipinski definition) is 4. The lowest BCUT2D eigenvalue weighted by atomic mass is 10.1. The second-order valence-corrected chi connectivity index (χ2v) is 5.63. The van der Waals surface area contributed by atoms with E-state index in [1.54, 1.807) is 30.3 Å². The lowest BCUT2D eigenvalue weighted by molar-refractivity contribution is -0.111. The Morgan fingerprint density at radius 3 is 2.69 bits per heavy atom. The molecule has 0 bridgehead atoms. The summed E-state index contributed by atoms with van der Waals surface area (Å²) in [7, 11) is 1.32. The number of nitrogens with one attached hydrogen (secondary N) is 1. The lowest BCUT2D eigenvalue weighted by Gasteiger charge is -2.08. The second-order valence-electron chi connectivity index (χ2n) is 5.63. The first-order valence-electron chi connectivity index (χ1n) is 8.53. The van der Waals surface area contributed by atoms with Crippen LogP contribution in [0.1, 0.15) is 35.7 Å². The van der Waals surface area contributed by atoms with Crippen LogP contribution in [-0.4, -0.2) is 25.6 Å². The number of esters is 1. The summed E-state index contributed by atoms with van der Waals surface area (Å²) in [5.74, 6) is 0.00265. The Labute approximate surface area is 153 Å². The van der Waals surface area contributed by atoms with Gasteiger partial charge in [0.1, 0.15) is 5.75 Å². The van der Waals surface area contributed by atoms with E-state index in [1.807, 2.05) is 24.3 Å². The predicted molar refractivity (Wildman–Crippen MR) is 102 cm³/mol. The minimum atomic E-state index is -0.449. The Morgan fingerprint density at radius 2 is 1.92 bits per heavy atom. The van der Waals surface area contributed by atoms with E-state index in [4.69, 9.17) is 4.74 Å². The highest BCUT2D eigenvalue weighted by molar-refractivity contribution is 6.02. The summed E-state index contributed by atoms with van der Waals surface area (Å²) in [4.78, 5) is 23.7. The van der Waals surface area contributed by atoms with Crippen LogP contribution in [0.3, 0.4) is 0 Å². The number of hydrogen-bond donors (Lipinski definition) is 1. The Bertz CT molecular complexity index is 783. The number of unbranched alkanes of at least 4 members (excludes halogenated alkanes) is 1. The molecule has 26 heavy (non-hydrogen) atoms. The minimum Gasteiger partial charge on any atom is -0.493 e. The van der Waals surface area contributed by atoms with Crippen molar-refractivity contribution >= 4 is 23.6 Å². The molecule has 0 aliphatic carbocycles. The quantitative estimate of drug-likeness (QED) is 0.436. The van der Waals surface area contributed by atoms with Crippen molar-refractivity contribution in [2.24, 2.45) is 0 Å². The number of anilines is 1. The van der Waals surface area contributed by atoms with Crippen molar-refractivity contribution in [3.05, 3.63) is 65.7 Å². The molecule has 0 radical (unpaired) electrons. The maximum atomic E-state index is 12.2. The summed E-state index contributed by atoms with van der Waals surface area (Å²) in [5, 5.41) is 2.73. The van der Waals surface area contributed by atoms with Crippen LogP contribution in [0.15, 0.2) is 54.6 Å². The predicted octanol–water partition coefficient (Wildman–Crippen LogP) is 4.30. The van der Waals surface area contributed by atoms with Gasteiger partial charge in [0, 0.05) is 17.3 Å². The molecule has 5 nitrogen and oxygen atoms in total. The molecule has 0 aromatic heterocycles. The number of carbonyl (C=O) groups excluding carboxylic acids is 2. The lowest BCUT2D eigenvalue weighted by Crippen LogP contribution is -2.09. The van der Waals surface area contributed by atoms with Gasteiger partial charge >= 0.3 is 5.97 Å². The minimum absolute atomic E-state index is 0.296. The first-order chi connectivity index (χ1) is 12.6. The van der Waals surface area contributed by atoms with Crippen LogP contribution in [0.5, 0.6) is 5.75 Å². The Hall–Kier alpha value is -3.08. The Balaban J connectivity index is 2.03. The first kappa shape index (κ1) is 19.2. The van der Waals surface area contributed by atoms with E-state index in [9.17, 15) is 9.59 Å². The van der Waals surface area contributed by atoms with Crippen LogP contribution >= 0.6 is 0 Å². The molecule has 1 amide bonds.